The summed E-state index contributed by atoms with van der Waals surface area (Å²) in [7, 11) is 0. The van der Waals surface area contributed by atoms with Crippen LogP contribution in [0.2, 0.25) is 0 Å². The number of benzene rings is 1. The number of imidazole rings is 1. The molecule has 0 N–H and O–H groups in total. The Kier molecular flexibility index (Phi) is 2.90. The summed E-state index contributed by atoms with van der Waals surface area (Å²) < 4.78 is 10.0. The van der Waals surface area contributed by atoms with Gasteiger partial charge in [-0.3, -0.25) is 0 Å². The highest BCUT2D eigenvalue weighted by Crippen LogP contribution is 2.36. The van der Waals surface area contributed by atoms with Crippen LogP contribution in [0.1, 0.15) is 5.56 Å². The van der Waals surface area contributed by atoms with Crippen LogP contribution in [0.4, 0.5) is 0 Å². The fourth-order valence-corrected chi connectivity index (χ4v) is 2.88. The van der Waals surface area contributed by atoms with Crippen LogP contribution < -0.4 is 4.74 Å². The summed E-state index contributed by atoms with van der Waals surface area (Å²) in [6, 6.07) is 4.15. The van der Waals surface area contributed by atoms with E-state index in [1.54, 1.807) is 0 Å². The summed E-state index contributed by atoms with van der Waals surface area (Å²) in [5.41, 5.74) is 2.24. The molecule has 0 saturated heterocycles. The molecule has 5 heteroatoms. The molecular formula is C12H10BrIN2O. The second kappa shape index (κ2) is 4.28. The normalized spacial score (nSPS) is 13.6. The average Bonchev–Trinajstić information content (AvgIpc) is 2.57. The van der Waals surface area contributed by atoms with Crippen LogP contribution in [0.3, 0.4) is 0 Å². The lowest BCUT2D eigenvalue weighted by Crippen LogP contribution is -2.04. The molecule has 3 rings (SSSR count). The summed E-state index contributed by atoms with van der Waals surface area (Å²) in [6.45, 7) is 3.60. The summed E-state index contributed by atoms with van der Waals surface area (Å²) in [4.78, 5) is 4.57. The molecule has 1 aliphatic heterocycles. The highest BCUT2D eigenvalue weighted by Gasteiger charge is 2.18. The quantitative estimate of drug-likeness (QED) is 0.627. The van der Waals surface area contributed by atoms with Gasteiger partial charge in [0.2, 0.25) is 0 Å². The number of nitrogens with zero attached hydrogens (tertiary/aromatic N) is 2. The van der Waals surface area contributed by atoms with E-state index in [4.69, 9.17) is 4.74 Å². The number of halogens is 2. The minimum absolute atomic E-state index is 0.688. The molecule has 1 aromatic heterocycles. The van der Waals surface area contributed by atoms with Crippen LogP contribution in [-0.2, 0) is 6.54 Å². The zero-order chi connectivity index (χ0) is 12.0. The third-order valence-corrected chi connectivity index (χ3v) is 4.21. The second-order valence-electron chi connectivity index (χ2n) is 4.03. The predicted octanol–water partition coefficient (Wildman–Crippen LogP) is 3.62. The number of hydrogen-bond donors (Lipinski definition) is 0. The van der Waals surface area contributed by atoms with Crippen molar-refractivity contribution in [2.45, 2.75) is 13.5 Å². The first-order valence-electron chi connectivity index (χ1n) is 5.31. The monoisotopic (exact) mass is 404 g/mol. The topological polar surface area (TPSA) is 27.1 Å². The molecule has 1 aromatic carbocycles. The van der Waals surface area contributed by atoms with Crippen molar-refractivity contribution in [2.75, 3.05) is 6.61 Å². The van der Waals surface area contributed by atoms with Crippen molar-refractivity contribution in [3.05, 3.63) is 32.1 Å². The van der Waals surface area contributed by atoms with Gasteiger partial charge in [0, 0.05) is 10.7 Å². The van der Waals surface area contributed by atoms with E-state index in [2.05, 4.69) is 73.3 Å². The molecule has 0 amide bonds. The third kappa shape index (κ3) is 1.99. The Hall–Kier alpha value is -0.560. The van der Waals surface area contributed by atoms with E-state index in [0.717, 1.165) is 31.9 Å². The van der Waals surface area contributed by atoms with Crippen LogP contribution in [-0.4, -0.2) is 16.2 Å². The van der Waals surface area contributed by atoms with Crippen molar-refractivity contribution in [1.82, 2.24) is 9.55 Å². The van der Waals surface area contributed by atoms with Crippen LogP contribution in [0, 0.1) is 10.6 Å². The van der Waals surface area contributed by atoms with Crippen molar-refractivity contribution in [1.29, 1.82) is 0 Å². The zero-order valence-corrected chi connectivity index (χ0v) is 12.9. The standard InChI is InChI=1S/C12H10BrIN2O/c1-7-4-10-8(5-9(7)13)12-15-11(14)6-16(12)2-3-17-10/h4-6H,2-3H2,1H3. The Morgan fingerprint density at radius 2 is 2.29 bits per heavy atom. The van der Waals surface area contributed by atoms with Gasteiger partial charge in [-0.25, -0.2) is 4.98 Å². The van der Waals surface area contributed by atoms with Gasteiger partial charge < -0.3 is 9.30 Å². The smallest absolute Gasteiger partial charge is 0.145 e. The average molecular weight is 405 g/mol. The summed E-state index contributed by atoms with van der Waals surface area (Å²) >= 11 is 5.81. The molecule has 0 radical (unpaired) electrons. The van der Waals surface area contributed by atoms with Crippen LogP contribution in [0.15, 0.2) is 22.8 Å². The summed E-state index contributed by atoms with van der Waals surface area (Å²) in [5, 5.41) is 0. The first kappa shape index (κ1) is 11.5. The lowest BCUT2D eigenvalue weighted by Gasteiger charge is -2.08. The van der Waals surface area contributed by atoms with E-state index in [-0.39, 0.29) is 0 Å². The number of hydrogen-bond acceptors (Lipinski definition) is 2. The van der Waals surface area contributed by atoms with Crippen LogP contribution in [0.5, 0.6) is 5.75 Å². The fourth-order valence-electron chi connectivity index (χ4n) is 1.97. The molecule has 2 aromatic rings. The van der Waals surface area contributed by atoms with Crippen molar-refractivity contribution in [2.24, 2.45) is 0 Å². The molecule has 0 saturated carbocycles. The Bertz CT molecular complexity index is 594. The van der Waals surface area contributed by atoms with Crippen LogP contribution >= 0.6 is 38.5 Å². The minimum atomic E-state index is 0.688. The fraction of sp³-hybridized carbons (Fsp3) is 0.250. The van der Waals surface area contributed by atoms with E-state index in [1.165, 1.54) is 5.56 Å². The highest BCUT2D eigenvalue weighted by molar-refractivity contribution is 14.1. The van der Waals surface area contributed by atoms with Crippen LogP contribution in [0.25, 0.3) is 11.4 Å². The number of aryl methyl sites for hydroxylation is 1. The summed E-state index contributed by atoms with van der Waals surface area (Å²) in [6.07, 6.45) is 2.06. The maximum absolute atomic E-state index is 5.78. The number of ether oxygens (including phenoxy) is 1. The van der Waals surface area contributed by atoms with E-state index >= 15 is 0 Å². The van der Waals surface area contributed by atoms with Gasteiger partial charge in [0.05, 0.1) is 12.1 Å². The summed E-state index contributed by atoms with van der Waals surface area (Å²) in [5.74, 6) is 1.91. The Morgan fingerprint density at radius 3 is 3.12 bits per heavy atom. The molecule has 0 aliphatic carbocycles. The molecule has 0 spiro atoms. The molecule has 88 valence electrons. The van der Waals surface area contributed by atoms with Gasteiger partial charge in [-0.1, -0.05) is 15.9 Å². The SMILES string of the molecule is Cc1cc2c(cc1Br)-c1nc(I)cn1CCO2. The molecule has 0 fully saturated rings. The zero-order valence-electron chi connectivity index (χ0n) is 9.20. The van der Waals surface area contributed by atoms with Gasteiger partial charge in [-0.05, 0) is 47.2 Å². The largest absolute Gasteiger partial charge is 0.491 e. The van der Waals surface area contributed by atoms with Gasteiger partial charge in [-0.15, -0.1) is 0 Å². The Balaban J connectivity index is 2.27. The maximum Gasteiger partial charge on any atom is 0.145 e. The lowest BCUT2D eigenvalue weighted by molar-refractivity contribution is 0.306. The highest BCUT2D eigenvalue weighted by atomic mass is 127. The first-order chi connectivity index (χ1) is 8.15. The Labute approximate surface area is 121 Å². The molecule has 0 unspecified atom stereocenters. The maximum atomic E-state index is 5.78. The van der Waals surface area contributed by atoms with E-state index in [9.17, 15) is 0 Å². The Morgan fingerprint density at radius 1 is 1.47 bits per heavy atom. The van der Waals surface area contributed by atoms with E-state index in [0.29, 0.717) is 6.61 Å². The van der Waals surface area contributed by atoms with E-state index < -0.39 is 0 Å². The second-order valence-corrected chi connectivity index (χ2v) is 5.99. The number of fused-ring (bicyclic) bond motifs is 3. The molecule has 2 heterocycles. The van der Waals surface area contributed by atoms with Gasteiger partial charge in [0.1, 0.15) is 21.9 Å². The molecule has 3 nitrogen and oxygen atoms in total. The van der Waals surface area contributed by atoms with Gasteiger partial charge in [0.25, 0.3) is 0 Å². The van der Waals surface area contributed by atoms with Gasteiger partial charge >= 0.3 is 0 Å². The molecule has 0 atom stereocenters. The van der Waals surface area contributed by atoms with Crippen molar-refractivity contribution >= 4 is 38.5 Å². The molecule has 0 bridgehead atoms. The van der Waals surface area contributed by atoms with E-state index in [1.807, 2.05) is 0 Å². The minimum Gasteiger partial charge on any atom is -0.491 e. The molecular weight excluding hydrogens is 395 g/mol. The first-order valence-corrected chi connectivity index (χ1v) is 7.18. The third-order valence-electron chi connectivity index (χ3n) is 2.84. The molecule has 1 aliphatic rings. The lowest BCUT2D eigenvalue weighted by atomic mass is 10.1. The van der Waals surface area contributed by atoms with Gasteiger partial charge in [-0.2, -0.15) is 0 Å². The predicted molar refractivity (Wildman–Crippen MR) is 78.3 cm³/mol. The number of rotatable bonds is 0. The van der Waals surface area contributed by atoms with Crippen molar-refractivity contribution in [3.8, 4) is 17.1 Å². The number of aromatic nitrogens is 2. The molecule has 17 heavy (non-hydrogen) atoms. The van der Waals surface area contributed by atoms with Gasteiger partial charge in [0.15, 0.2) is 0 Å². The van der Waals surface area contributed by atoms with Crippen molar-refractivity contribution < 1.29 is 4.74 Å². The van der Waals surface area contributed by atoms with Crippen molar-refractivity contribution in [3.63, 3.8) is 0 Å².